The monoisotopic (exact) mass is 505 g/mol. The van der Waals surface area contributed by atoms with Crippen molar-refractivity contribution >= 4 is 41.3 Å². The fourth-order valence-electron chi connectivity index (χ4n) is 4.03. The maximum absolute atomic E-state index is 4.41. The molecule has 1 aromatic rings. The topological polar surface area (TPSA) is 42.9 Å². The van der Waals surface area contributed by atoms with Crippen LogP contribution < -0.4 is 10.6 Å². The number of likely N-dealkylation sites (tertiary alicyclic amines) is 2. The number of halogens is 1. The number of hydrogen-bond donors (Lipinski definition) is 2. The molecule has 7 heteroatoms. The van der Waals surface area contributed by atoms with Crippen molar-refractivity contribution in [3.63, 3.8) is 0 Å². The van der Waals surface area contributed by atoms with Crippen LogP contribution in [0.5, 0.6) is 0 Å². The predicted molar refractivity (Wildman–Crippen MR) is 128 cm³/mol. The van der Waals surface area contributed by atoms with Crippen molar-refractivity contribution in [3.05, 3.63) is 22.4 Å². The predicted octanol–water partition coefficient (Wildman–Crippen LogP) is 3.54. The number of thiophene rings is 1. The van der Waals surface area contributed by atoms with Crippen molar-refractivity contribution in [2.45, 2.75) is 44.6 Å². The van der Waals surface area contributed by atoms with Crippen LogP contribution in [0.2, 0.25) is 0 Å². The molecular weight excluding hydrogens is 469 g/mol. The molecule has 1 aromatic heterocycles. The Labute approximate surface area is 186 Å². The van der Waals surface area contributed by atoms with E-state index in [4.69, 9.17) is 0 Å². The van der Waals surface area contributed by atoms with Crippen LogP contribution in [0.3, 0.4) is 0 Å². The zero-order chi connectivity index (χ0) is 18.0. The van der Waals surface area contributed by atoms with Gasteiger partial charge in [-0.1, -0.05) is 6.07 Å². The normalized spacial score (nSPS) is 19.8. The number of nitrogens with zero attached hydrogens (tertiary/aromatic N) is 3. The summed E-state index contributed by atoms with van der Waals surface area (Å²) in [4.78, 5) is 11.1. The van der Waals surface area contributed by atoms with Crippen molar-refractivity contribution in [2.75, 3.05) is 52.9 Å². The van der Waals surface area contributed by atoms with E-state index >= 15 is 0 Å². The maximum atomic E-state index is 4.41. The molecule has 0 radical (unpaired) electrons. The fourth-order valence-corrected chi connectivity index (χ4v) is 4.89. The molecule has 0 saturated carbocycles. The standard InChI is InChI=1S/C20H35N5S.HI/c1-21-20(22-10-2-3-11-24-12-4-5-13-24)23-17-18(19-9-8-16-26-19)25-14-6-7-15-25;/h8-9,16,18H,2-7,10-15,17H2,1H3,(H2,21,22,23);1H. The molecular formula is C20H36IN5S. The number of guanidine groups is 1. The second kappa shape index (κ2) is 13.0. The number of aliphatic imine (C=N–C) groups is 1. The van der Waals surface area contributed by atoms with E-state index in [0.29, 0.717) is 6.04 Å². The summed E-state index contributed by atoms with van der Waals surface area (Å²) in [5, 5.41) is 9.24. The summed E-state index contributed by atoms with van der Waals surface area (Å²) in [6.45, 7) is 8.21. The van der Waals surface area contributed by atoms with Crippen LogP contribution in [-0.4, -0.2) is 68.6 Å². The molecule has 3 rings (SSSR count). The van der Waals surface area contributed by atoms with Crippen LogP contribution >= 0.6 is 35.3 Å². The highest BCUT2D eigenvalue weighted by Crippen LogP contribution is 2.27. The average molecular weight is 506 g/mol. The second-order valence-electron chi connectivity index (χ2n) is 7.41. The highest BCUT2D eigenvalue weighted by molar-refractivity contribution is 14.0. The minimum absolute atomic E-state index is 0. The number of nitrogens with one attached hydrogen (secondary N) is 2. The molecule has 2 aliphatic heterocycles. The Balaban J connectivity index is 0.00000261. The molecule has 2 N–H and O–H groups in total. The van der Waals surface area contributed by atoms with E-state index < -0.39 is 0 Å². The first-order valence-corrected chi connectivity index (χ1v) is 11.2. The van der Waals surface area contributed by atoms with Crippen LogP contribution in [0.15, 0.2) is 22.5 Å². The van der Waals surface area contributed by atoms with E-state index in [2.05, 4.69) is 42.9 Å². The van der Waals surface area contributed by atoms with Gasteiger partial charge in [0.1, 0.15) is 0 Å². The second-order valence-corrected chi connectivity index (χ2v) is 8.39. The molecule has 3 heterocycles. The molecule has 2 saturated heterocycles. The van der Waals surface area contributed by atoms with Crippen molar-refractivity contribution in [3.8, 4) is 0 Å². The molecule has 0 bridgehead atoms. The van der Waals surface area contributed by atoms with Crippen LogP contribution in [-0.2, 0) is 0 Å². The van der Waals surface area contributed by atoms with E-state index in [0.717, 1.165) is 19.0 Å². The van der Waals surface area contributed by atoms with Crippen molar-refractivity contribution in [1.29, 1.82) is 0 Å². The Morgan fingerprint density at radius 2 is 1.85 bits per heavy atom. The highest BCUT2D eigenvalue weighted by Gasteiger charge is 2.24. The molecule has 5 nitrogen and oxygen atoms in total. The van der Waals surface area contributed by atoms with Gasteiger partial charge in [-0.3, -0.25) is 9.89 Å². The first-order valence-electron chi connectivity index (χ1n) is 10.3. The first kappa shape index (κ1) is 22.9. The Morgan fingerprint density at radius 3 is 2.52 bits per heavy atom. The SMILES string of the molecule is CN=C(NCCCCN1CCCC1)NCC(c1cccs1)N1CCCC1.I. The third-order valence-electron chi connectivity index (χ3n) is 5.53. The molecule has 0 spiro atoms. The van der Waals surface area contributed by atoms with Crippen molar-refractivity contribution in [1.82, 2.24) is 20.4 Å². The van der Waals surface area contributed by atoms with Gasteiger partial charge in [-0.15, -0.1) is 35.3 Å². The smallest absolute Gasteiger partial charge is 0.191 e. The fraction of sp³-hybridized carbons (Fsp3) is 0.750. The molecule has 27 heavy (non-hydrogen) atoms. The minimum atomic E-state index is 0. The number of rotatable bonds is 9. The van der Waals surface area contributed by atoms with Crippen LogP contribution in [0.1, 0.15) is 49.4 Å². The summed E-state index contributed by atoms with van der Waals surface area (Å²) < 4.78 is 0. The molecule has 1 atom stereocenters. The summed E-state index contributed by atoms with van der Waals surface area (Å²) in [5.74, 6) is 0.937. The molecule has 2 fully saturated rings. The van der Waals surface area contributed by atoms with E-state index in [-0.39, 0.29) is 24.0 Å². The van der Waals surface area contributed by atoms with Gasteiger partial charge in [-0.2, -0.15) is 0 Å². The average Bonchev–Trinajstić information content (AvgIpc) is 3.43. The van der Waals surface area contributed by atoms with E-state index in [9.17, 15) is 0 Å². The Hall–Kier alpha value is -0.380. The summed E-state index contributed by atoms with van der Waals surface area (Å²) in [7, 11) is 1.87. The molecule has 154 valence electrons. The highest BCUT2D eigenvalue weighted by atomic mass is 127. The van der Waals surface area contributed by atoms with Gasteiger partial charge in [0.25, 0.3) is 0 Å². The zero-order valence-corrected chi connectivity index (χ0v) is 19.8. The van der Waals surface area contributed by atoms with Gasteiger partial charge >= 0.3 is 0 Å². The Morgan fingerprint density at radius 1 is 1.11 bits per heavy atom. The summed E-state index contributed by atoms with van der Waals surface area (Å²) >= 11 is 1.87. The molecule has 1 unspecified atom stereocenters. The van der Waals surface area contributed by atoms with Crippen molar-refractivity contribution < 1.29 is 0 Å². The summed E-state index contributed by atoms with van der Waals surface area (Å²) in [6, 6.07) is 4.90. The maximum Gasteiger partial charge on any atom is 0.191 e. The first-order chi connectivity index (χ1) is 12.9. The number of unbranched alkanes of at least 4 members (excludes halogenated alkanes) is 1. The third kappa shape index (κ3) is 7.51. The lowest BCUT2D eigenvalue weighted by atomic mass is 10.2. The Kier molecular flexibility index (Phi) is 11.0. The van der Waals surface area contributed by atoms with Gasteiger partial charge in [-0.05, 0) is 82.7 Å². The minimum Gasteiger partial charge on any atom is -0.356 e. The van der Waals surface area contributed by atoms with E-state index in [1.807, 2.05) is 18.4 Å². The van der Waals surface area contributed by atoms with Crippen molar-refractivity contribution in [2.24, 2.45) is 4.99 Å². The van der Waals surface area contributed by atoms with Gasteiger partial charge in [0.15, 0.2) is 5.96 Å². The van der Waals surface area contributed by atoms with Gasteiger partial charge in [0.05, 0.1) is 6.04 Å². The van der Waals surface area contributed by atoms with Crippen LogP contribution in [0, 0.1) is 0 Å². The van der Waals surface area contributed by atoms with Crippen LogP contribution in [0.4, 0.5) is 0 Å². The molecule has 0 aliphatic carbocycles. The Bertz CT molecular complexity index is 524. The summed E-state index contributed by atoms with van der Waals surface area (Å²) in [5.41, 5.74) is 0. The van der Waals surface area contributed by atoms with E-state index in [1.165, 1.54) is 76.1 Å². The molecule has 2 aliphatic rings. The quantitative estimate of drug-likeness (QED) is 0.233. The largest absolute Gasteiger partial charge is 0.356 e. The van der Waals surface area contributed by atoms with Gasteiger partial charge in [0.2, 0.25) is 0 Å². The zero-order valence-electron chi connectivity index (χ0n) is 16.7. The third-order valence-corrected chi connectivity index (χ3v) is 6.51. The molecule has 0 aromatic carbocycles. The lowest BCUT2D eigenvalue weighted by Crippen LogP contribution is -2.42. The summed E-state index contributed by atoms with van der Waals surface area (Å²) in [6.07, 6.45) is 7.90. The lowest BCUT2D eigenvalue weighted by Gasteiger charge is -2.27. The van der Waals surface area contributed by atoms with Gasteiger partial charge in [-0.25, -0.2) is 0 Å². The van der Waals surface area contributed by atoms with E-state index in [1.54, 1.807) is 0 Å². The van der Waals surface area contributed by atoms with Crippen LogP contribution in [0.25, 0.3) is 0 Å². The lowest BCUT2D eigenvalue weighted by molar-refractivity contribution is 0.249. The van der Waals surface area contributed by atoms with Gasteiger partial charge in [0, 0.05) is 25.0 Å². The van der Waals surface area contributed by atoms with Gasteiger partial charge < -0.3 is 15.5 Å². The molecule has 0 amide bonds. The number of hydrogen-bond acceptors (Lipinski definition) is 4.